The van der Waals surface area contributed by atoms with Gasteiger partial charge in [-0.1, -0.05) is 41.0 Å². The number of carbonyl (C=O) groups is 1. The summed E-state index contributed by atoms with van der Waals surface area (Å²) in [5.74, 6) is -0.467. The number of thioether (sulfide) groups is 1. The van der Waals surface area contributed by atoms with Crippen molar-refractivity contribution in [1.29, 1.82) is 0 Å². The monoisotopic (exact) mass is 395 g/mol. The molecule has 0 saturated heterocycles. The van der Waals surface area contributed by atoms with Crippen molar-refractivity contribution >= 4 is 46.6 Å². The van der Waals surface area contributed by atoms with Gasteiger partial charge in [0, 0.05) is 6.20 Å². The van der Waals surface area contributed by atoms with Gasteiger partial charge < -0.3 is 5.32 Å². The van der Waals surface area contributed by atoms with Crippen LogP contribution in [0.25, 0.3) is 0 Å². The summed E-state index contributed by atoms with van der Waals surface area (Å²) in [5.41, 5.74) is -0.753. The average Bonchev–Trinajstić information content (AvgIpc) is 2.51. The molecule has 0 aliphatic rings. The van der Waals surface area contributed by atoms with Crippen molar-refractivity contribution in [1.82, 2.24) is 9.97 Å². The van der Waals surface area contributed by atoms with E-state index in [9.17, 15) is 18.0 Å². The topological polar surface area (TPSA) is 54.9 Å². The van der Waals surface area contributed by atoms with Gasteiger partial charge in [-0.25, -0.2) is 9.97 Å². The molecule has 0 aliphatic heterocycles. The van der Waals surface area contributed by atoms with Crippen LogP contribution in [0.4, 0.5) is 18.9 Å². The molecule has 1 N–H and O–H groups in total. The number of nitrogens with zero attached hydrogens (tertiary/aromatic N) is 2. The van der Waals surface area contributed by atoms with Crippen LogP contribution in [-0.4, -0.2) is 21.1 Å². The van der Waals surface area contributed by atoms with Crippen LogP contribution < -0.4 is 5.32 Å². The summed E-state index contributed by atoms with van der Waals surface area (Å²) in [5, 5.41) is 2.12. The van der Waals surface area contributed by atoms with E-state index in [0.29, 0.717) is 5.69 Å². The van der Waals surface area contributed by atoms with Crippen molar-refractivity contribution in [2.45, 2.75) is 23.5 Å². The fourth-order valence-electron chi connectivity index (χ4n) is 1.60. The van der Waals surface area contributed by atoms with Crippen LogP contribution in [0.3, 0.4) is 0 Å². The maximum absolute atomic E-state index is 12.6. The maximum atomic E-state index is 12.6. The van der Waals surface area contributed by atoms with E-state index in [1.807, 2.05) is 0 Å². The quantitative estimate of drug-likeness (QED) is 0.589. The summed E-state index contributed by atoms with van der Waals surface area (Å²) in [6.07, 6.45) is -3.57. The zero-order chi connectivity index (χ0) is 17.9. The van der Waals surface area contributed by atoms with E-state index in [2.05, 4.69) is 15.3 Å². The molecule has 0 radical (unpaired) electrons. The number of benzene rings is 1. The number of alkyl halides is 3. The SMILES string of the molecule is CC(Sc1nccc(C(F)(F)F)n1)C(=O)Nc1cccc(Cl)c1Cl. The Morgan fingerprint density at radius 1 is 1.29 bits per heavy atom. The lowest BCUT2D eigenvalue weighted by Gasteiger charge is -2.13. The van der Waals surface area contributed by atoms with Gasteiger partial charge >= 0.3 is 6.18 Å². The van der Waals surface area contributed by atoms with Gasteiger partial charge in [-0.2, -0.15) is 13.2 Å². The van der Waals surface area contributed by atoms with Crippen LogP contribution in [-0.2, 0) is 11.0 Å². The summed E-state index contributed by atoms with van der Waals surface area (Å²) < 4.78 is 37.9. The van der Waals surface area contributed by atoms with Crippen LogP contribution in [0.5, 0.6) is 0 Å². The molecule has 128 valence electrons. The van der Waals surface area contributed by atoms with E-state index in [4.69, 9.17) is 23.2 Å². The number of hydrogen-bond acceptors (Lipinski definition) is 4. The van der Waals surface area contributed by atoms with Crippen LogP contribution in [0.15, 0.2) is 35.6 Å². The first-order valence-electron chi connectivity index (χ1n) is 6.50. The second-order valence-electron chi connectivity index (χ2n) is 4.57. The number of rotatable bonds is 4. The van der Waals surface area contributed by atoms with Gasteiger partial charge in [-0.3, -0.25) is 4.79 Å². The molecule has 2 aromatic rings. The average molecular weight is 396 g/mol. The molecule has 1 atom stereocenters. The van der Waals surface area contributed by atoms with Crippen molar-refractivity contribution in [3.8, 4) is 0 Å². The minimum absolute atomic E-state index is 0.148. The molecule has 2 rings (SSSR count). The highest BCUT2D eigenvalue weighted by Crippen LogP contribution is 2.31. The Hall–Kier alpha value is -1.51. The maximum Gasteiger partial charge on any atom is 0.433 e. The fourth-order valence-corrected chi connectivity index (χ4v) is 2.70. The van der Waals surface area contributed by atoms with Crippen molar-refractivity contribution in [3.05, 3.63) is 46.2 Å². The summed E-state index contributed by atoms with van der Waals surface area (Å²) >= 11 is 12.6. The number of amides is 1. The highest BCUT2D eigenvalue weighted by molar-refractivity contribution is 8.00. The lowest BCUT2D eigenvalue weighted by Crippen LogP contribution is -2.23. The van der Waals surface area contributed by atoms with E-state index in [0.717, 1.165) is 24.0 Å². The summed E-state index contributed by atoms with van der Waals surface area (Å²) in [6.45, 7) is 1.52. The standard InChI is InChI=1S/C14H10Cl2F3N3OS/c1-7(12(23)21-9-4-2-3-8(15)11(9)16)24-13-20-6-5-10(22-13)14(17,18)19/h2-7H,1H3,(H,21,23). The number of carbonyl (C=O) groups excluding carboxylic acids is 1. The third kappa shape index (κ3) is 4.75. The molecule has 0 spiro atoms. The minimum Gasteiger partial charge on any atom is -0.324 e. The predicted molar refractivity (Wildman–Crippen MR) is 87.4 cm³/mol. The molecule has 0 fully saturated rings. The third-order valence-electron chi connectivity index (χ3n) is 2.78. The van der Waals surface area contributed by atoms with E-state index in [1.165, 1.54) is 6.92 Å². The Morgan fingerprint density at radius 2 is 2.00 bits per heavy atom. The predicted octanol–water partition coefficient (Wildman–Crippen LogP) is 4.92. The smallest absolute Gasteiger partial charge is 0.324 e. The Bertz CT molecular complexity index is 758. The molecule has 0 saturated carbocycles. The molecular formula is C14H10Cl2F3N3OS. The largest absolute Gasteiger partial charge is 0.433 e. The molecule has 1 heterocycles. The van der Waals surface area contributed by atoms with Crippen LogP contribution in [0, 0.1) is 0 Å². The molecule has 0 aliphatic carbocycles. The zero-order valence-corrected chi connectivity index (χ0v) is 14.4. The Balaban J connectivity index is 2.08. The van der Waals surface area contributed by atoms with Crippen LogP contribution in [0.2, 0.25) is 10.0 Å². The zero-order valence-electron chi connectivity index (χ0n) is 12.1. The van der Waals surface area contributed by atoms with Gasteiger partial charge in [0.2, 0.25) is 5.91 Å². The molecule has 1 amide bonds. The van der Waals surface area contributed by atoms with Gasteiger partial charge in [-0.05, 0) is 25.1 Å². The van der Waals surface area contributed by atoms with Crippen molar-refractivity contribution in [2.75, 3.05) is 5.32 Å². The molecule has 1 aromatic carbocycles. The lowest BCUT2D eigenvalue weighted by atomic mass is 10.3. The Kier molecular flexibility index (Phi) is 5.95. The van der Waals surface area contributed by atoms with Gasteiger partial charge in [0.05, 0.1) is 21.0 Å². The molecule has 24 heavy (non-hydrogen) atoms. The second kappa shape index (κ2) is 7.58. The molecular weight excluding hydrogens is 386 g/mol. The number of halogens is 5. The normalized spacial score (nSPS) is 12.8. The Labute approximate surface area is 149 Å². The number of anilines is 1. The highest BCUT2D eigenvalue weighted by atomic mass is 35.5. The molecule has 4 nitrogen and oxygen atoms in total. The first-order valence-corrected chi connectivity index (χ1v) is 8.14. The summed E-state index contributed by atoms with van der Waals surface area (Å²) in [4.78, 5) is 19.3. The Morgan fingerprint density at radius 3 is 2.67 bits per heavy atom. The van der Waals surface area contributed by atoms with Crippen LogP contribution >= 0.6 is 35.0 Å². The van der Waals surface area contributed by atoms with Crippen molar-refractivity contribution < 1.29 is 18.0 Å². The summed E-state index contributed by atoms with van der Waals surface area (Å²) in [6, 6.07) is 5.50. The second-order valence-corrected chi connectivity index (χ2v) is 6.67. The summed E-state index contributed by atoms with van der Waals surface area (Å²) in [7, 11) is 0. The van der Waals surface area contributed by atoms with Gasteiger partial charge in [-0.15, -0.1) is 0 Å². The fraction of sp³-hybridized carbons (Fsp3) is 0.214. The molecule has 0 bridgehead atoms. The first-order chi connectivity index (χ1) is 11.2. The van der Waals surface area contributed by atoms with Crippen molar-refractivity contribution in [3.63, 3.8) is 0 Å². The van der Waals surface area contributed by atoms with Crippen molar-refractivity contribution in [2.24, 2.45) is 0 Å². The molecule has 1 aromatic heterocycles. The van der Waals surface area contributed by atoms with Gasteiger partial charge in [0.1, 0.15) is 5.69 Å². The van der Waals surface area contributed by atoms with E-state index in [-0.39, 0.29) is 15.2 Å². The third-order valence-corrected chi connectivity index (χ3v) is 4.58. The number of hydrogen-bond donors (Lipinski definition) is 1. The number of nitrogens with one attached hydrogen (secondary N) is 1. The minimum atomic E-state index is -4.57. The lowest BCUT2D eigenvalue weighted by molar-refractivity contribution is -0.141. The van der Waals surface area contributed by atoms with Gasteiger partial charge in [0.25, 0.3) is 0 Å². The van der Waals surface area contributed by atoms with E-state index >= 15 is 0 Å². The van der Waals surface area contributed by atoms with Gasteiger partial charge in [0.15, 0.2) is 5.16 Å². The van der Waals surface area contributed by atoms with E-state index in [1.54, 1.807) is 18.2 Å². The molecule has 10 heteroatoms. The first kappa shape index (κ1) is 18.8. The van der Waals surface area contributed by atoms with E-state index < -0.39 is 23.0 Å². The van der Waals surface area contributed by atoms with Crippen LogP contribution in [0.1, 0.15) is 12.6 Å². The highest BCUT2D eigenvalue weighted by Gasteiger charge is 2.33. The number of aromatic nitrogens is 2. The molecule has 1 unspecified atom stereocenters.